The van der Waals surface area contributed by atoms with Crippen molar-refractivity contribution in [3.05, 3.63) is 11.3 Å². The van der Waals surface area contributed by atoms with E-state index in [0.29, 0.717) is 5.75 Å². The molecule has 1 aromatic rings. The molecule has 0 atom stereocenters. The highest BCUT2D eigenvalue weighted by molar-refractivity contribution is 7.99. The van der Waals surface area contributed by atoms with Gasteiger partial charge in [-0.1, -0.05) is 0 Å². The normalized spacial score (nSPS) is 10.8. The van der Waals surface area contributed by atoms with E-state index in [-0.39, 0.29) is 13.2 Å². The first-order chi connectivity index (χ1) is 6.20. The molecule has 0 radical (unpaired) electrons. The Hall–Kier alpha value is -0.520. The molecule has 0 bridgehead atoms. The van der Waals surface area contributed by atoms with Gasteiger partial charge in [0.05, 0.1) is 23.9 Å². The number of aryl methyl sites for hydroxylation is 2. The van der Waals surface area contributed by atoms with Gasteiger partial charge in [0, 0.05) is 18.4 Å². The summed E-state index contributed by atoms with van der Waals surface area (Å²) in [6.07, 6.45) is 0. The lowest BCUT2D eigenvalue weighted by Gasteiger charge is -2.02. The van der Waals surface area contributed by atoms with Crippen molar-refractivity contribution in [1.82, 2.24) is 9.78 Å². The molecule has 0 saturated carbocycles. The van der Waals surface area contributed by atoms with E-state index in [2.05, 4.69) is 5.10 Å². The van der Waals surface area contributed by atoms with Crippen molar-refractivity contribution >= 4 is 11.8 Å². The Morgan fingerprint density at radius 2 is 2.15 bits per heavy atom. The lowest BCUT2D eigenvalue weighted by Crippen LogP contribution is -1.96. The molecule has 0 unspecified atom stereocenters. The molecule has 1 heterocycles. The van der Waals surface area contributed by atoms with Crippen LogP contribution in [0.25, 0.3) is 0 Å². The second kappa shape index (κ2) is 4.64. The van der Waals surface area contributed by atoms with Gasteiger partial charge in [0.1, 0.15) is 0 Å². The van der Waals surface area contributed by atoms with Crippen molar-refractivity contribution in [2.75, 3.05) is 12.4 Å². The van der Waals surface area contributed by atoms with E-state index in [1.807, 2.05) is 14.0 Å². The van der Waals surface area contributed by atoms with Crippen LogP contribution in [0.3, 0.4) is 0 Å². The predicted molar refractivity (Wildman–Crippen MR) is 51.7 cm³/mol. The Kier molecular flexibility index (Phi) is 3.77. The molecule has 0 aromatic carbocycles. The van der Waals surface area contributed by atoms with Crippen LogP contribution in [-0.4, -0.2) is 32.4 Å². The summed E-state index contributed by atoms with van der Waals surface area (Å²) in [6.45, 7) is 2.02. The van der Waals surface area contributed by atoms with Crippen LogP contribution in [0.4, 0.5) is 0 Å². The zero-order valence-corrected chi connectivity index (χ0v) is 8.63. The number of hydrogen-bond acceptors (Lipinski definition) is 4. The quantitative estimate of drug-likeness (QED) is 0.690. The number of nitrogens with zero attached hydrogens (tertiary/aromatic N) is 2. The van der Waals surface area contributed by atoms with Gasteiger partial charge in [0.25, 0.3) is 0 Å². The third kappa shape index (κ3) is 2.24. The van der Waals surface area contributed by atoms with Crippen LogP contribution in [-0.2, 0) is 13.7 Å². The third-order valence-electron chi connectivity index (χ3n) is 1.78. The fourth-order valence-electron chi connectivity index (χ4n) is 1.19. The highest BCUT2D eigenvalue weighted by atomic mass is 32.2. The zero-order valence-electron chi connectivity index (χ0n) is 7.82. The van der Waals surface area contributed by atoms with Gasteiger partial charge in [-0.3, -0.25) is 4.68 Å². The Bertz CT molecular complexity index is 286. The van der Waals surface area contributed by atoms with Gasteiger partial charge >= 0.3 is 0 Å². The van der Waals surface area contributed by atoms with E-state index >= 15 is 0 Å². The minimum absolute atomic E-state index is 0.00738. The van der Waals surface area contributed by atoms with E-state index < -0.39 is 0 Å². The van der Waals surface area contributed by atoms with Gasteiger partial charge < -0.3 is 10.2 Å². The SMILES string of the molecule is Cc1nn(C)c(SCCO)c1CO. The minimum Gasteiger partial charge on any atom is -0.396 e. The van der Waals surface area contributed by atoms with Crippen molar-refractivity contribution in [2.24, 2.45) is 7.05 Å². The third-order valence-corrected chi connectivity index (χ3v) is 2.95. The second-order valence-corrected chi connectivity index (χ2v) is 3.81. The van der Waals surface area contributed by atoms with Crippen LogP contribution in [0, 0.1) is 6.92 Å². The van der Waals surface area contributed by atoms with Crippen LogP contribution in [0.15, 0.2) is 5.03 Å². The fraction of sp³-hybridized carbons (Fsp3) is 0.625. The summed E-state index contributed by atoms with van der Waals surface area (Å²) in [7, 11) is 1.84. The number of aromatic nitrogens is 2. The van der Waals surface area contributed by atoms with Crippen LogP contribution < -0.4 is 0 Å². The molecular weight excluding hydrogens is 188 g/mol. The Morgan fingerprint density at radius 1 is 1.46 bits per heavy atom. The number of thioether (sulfide) groups is 1. The lowest BCUT2D eigenvalue weighted by molar-refractivity contribution is 0.277. The Labute approximate surface area is 81.6 Å². The fourth-order valence-corrected chi connectivity index (χ4v) is 2.08. The van der Waals surface area contributed by atoms with Crippen molar-refractivity contribution in [3.63, 3.8) is 0 Å². The van der Waals surface area contributed by atoms with Gasteiger partial charge in [0.2, 0.25) is 0 Å². The molecule has 13 heavy (non-hydrogen) atoms. The number of hydrogen-bond donors (Lipinski definition) is 2. The summed E-state index contributed by atoms with van der Waals surface area (Å²) in [5.74, 6) is 0.631. The van der Waals surface area contributed by atoms with E-state index in [0.717, 1.165) is 16.3 Å². The van der Waals surface area contributed by atoms with Crippen LogP contribution in [0.5, 0.6) is 0 Å². The summed E-state index contributed by atoms with van der Waals surface area (Å²) in [4.78, 5) is 0. The van der Waals surface area contributed by atoms with Gasteiger partial charge in [-0.2, -0.15) is 5.10 Å². The molecule has 74 valence electrons. The first-order valence-corrected chi connectivity index (χ1v) is 5.06. The van der Waals surface area contributed by atoms with Crippen molar-refractivity contribution < 1.29 is 10.2 Å². The average Bonchev–Trinajstić information content (AvgIpc) is 2.37. The van der Waals surface area contributed by atoms with Crippen LogP contribution >= 0.6 is 11.8 Å². The average molecular weight is 202 g/mol. The standard InChI is InChI=1S/C8H14N2O2S/c1-6-7(5-12)8(10(2)9-6)13-4-3-11/h11-12H,3-5H2,1-2H3. The Balaban J connectivity index is 2.89. The van der Waals surface area contributed by atoms with E-state index in [1.54, 1.807) is 4.68 Å². The van der Waals surface area contributed by atoms with Gasteiger partial charge in [-0.25, -0.2) is 0 Å². The van der Waals surface area contributed by atoms with Crippen LogP contribution in [0.2, 0.25) is 0 Å². The van der Waals surface area contributed by atoms with Gasteiger partial charge in [-0.05, 0) is 6.92 Å². The maximum Gasteiger partial charge on any atom is 0.0995 e. The summed E-state index contributed by atoms with van der Waals surface area (Å²) in [5.41, 5.74) is 1.71. The second-order valence-electron chi connectivity index (χ2n) is 2.72. The molecule has 0 aliphatic rings. The highest BCUT2D eigenvalue weighted by Gasteiger charge is 2.11. The molecule has 4 nitrogen and oxygen atoms in total. The van der Waals surface area contributed by atoms with E-state index in [9.17, 15) is 0 Å². The Morgan fingerprint density at radius 3 is 2.69 bits per heavy atom. The van der Waals surface area contributed by atoms with Crippen molar-refractivity contribution in [2.45, 2.75) is 18.6 Å². The molecule has 0 aliphatic heterocycles. The summed E-state index contributed by atoms with van der Waals surface area (Å²) >= 11 is 1.51. The van der Waals surface area contributed by atoms with Gasteiger partial charge in [-0.15, -0.1) is 11.8 Å². The molecule has 0 amide bonds. The number of aliphatic hydroxyl groups is 2. The first-order valence-electron chi connectivity index (χ1n) is 4.07. The monoisotopic (exact) mass is 202 g/mol. The predicted octanol–water partition coefficient (Wildman–Crippen LogP) is 0.305. The molecule has 1 rings (SSSR count). The molecule has 0 fully saturated rings. The number of aliphatic hydroxyl groups excluding tert-OH is 2. The van der Waals surface area contributed by atoms with E-state index in [4.69, 9.17) is 10.2 Å². The summed E-state index contributed by atoms with van der Waals surface area (Å²) < 4.78 is 1.74. The minimum atomic E-state index is 0.00738. The smallest absolute Gasteiger partial charge is 0.0995 e. The molecule has 2 N–H and O–H groups in total. The largest absolute Gasteiger partial charge is 0.396 e. The molecule has 0 saturated heterocycles. The molecule has 0 spiro atoms. The van der Waals surface area contributed by atoms with E-state index in [1.165, 1.54) is 11.8 Å². The van der Waals surface area contributed by atoms with Crippen molar-refractivity contribution in [1.29, 1.82) is 0 Å². The first kappa shape index (κ1) is 10.6. The lowest BCUT2D eigenvalue weighted by atomic mass is 10.3. The van der Waals surface area contributed by atoms with Crippen molar-refractivity contribution in [3.8, 4) is 0 Å². The topological polar surface area (TPSA) is 58.3 Å². The number of rotatable bonds is 4. The summed E-state index contributed by atoms with van der Waals surface area (Å²) in [5, 5.41) is 22.9. The molecule has 5 heteroatoms. The molecular formula is C8H14N2O2S. The highest BCUT2D eigenvalue weighted by Crippen LogP contribution is 2.24. The van der Waals surface area contributed by atoms with Crippen LogP contribution in [0.1, 0.15) is 11.3 Å². The maximum atomic E-state index is 9.08. The maximum absolute atomic E-state index is 9.08. The summed E-state index contributed by atoms with van der Waals surface area (Å²) in [6, 6.07) is 0. The molecule has 0 aliphatic carbocycles. The zero-order chi connectivity index (χ0) is 9.84. The molecule has 1 aromatic heterocycles. The van der Waals surface area contributed by atoms with Gasteiger partial charge in [0.15, 0.2) is 0 Å².